The van der Waals surface area contributed by atoms with Crippen LogP contribution < -0.4 is 20.1 Å². The molecule has 5 aromatic rings. The maximum atomic E-state index is 13.2. The smallest absolute Gasteiger partial charge is 0.323 e. The number of nitrogens with two attached hydrogens (primary N) is 1. The van der Waals surface area contributed by atoms with Crippen LogP contribution in [0, 0.1) is 12.8 Å². The lowest BCUT2D eigenvalue weighted by Crippen LogP contribution is -2.34. The molecule has 49 heavy (non-hydrogen) atoms. The van der Waals surface area contributed by atoms with Gasteiger partial charge in [-0.2, -0.15) is 9.97 Å². The summed E-state index contributed by atoms with van der Waals surface area (Å²) in [6, 6.07) is 22.7. The number of nitrogen functional groups attached to an aromatic ring is 1. The van der Waals surface area contributed by atoms with E-state index in [0.717, 1.165) is 16.3 Å². The Balaban J connectivity index is 0.00000230. The van der Waals surface area contributed by atoms with Crippen LogP contribution in [0.15, 0.2) is 72.8 Å². The number of nitrogens with zero attached hydrogens (tertiary/aromatic N) is 4. The first-order valence-electron chi connectivity index (χ1n) is 16.5. The van der Waals surface area contributed by atoms with Crippen molar-refractivity contribution >= 4 is 42.4 Å². The Bertz CT molecular complexity index is 1850. The van der Waals surface area contributed by atoms with E-state index in [0.29, 0.717) is 35.0 Å². The second-order valence-corrected chi connectivity index (χ2v) is 12.8. The van der Waals surface area contributed by atoms with Crippen molar-refractivity contribution in [2.75, 3.05) is 19.5 Å². The number of hydrogen-bond acceptors (Lipinski definition) is 11. The number of benzene rings is 3. The summed E-state index contributed by atoms with van der Waals surface area (Å²) in [6.45, 7) is 11.8. The Morgan fingerprint density at radius 1 is 1.04 bits per heavy atom. The van der Waals surface area contributed by atoms with E-state index in [2.05, 4.69) is 27.0 Å². The zero-order valence-electron chi connectivity index (χ0n) is 29.0. The maximum absolute atomic E-state index is 13.2. The summed E-state index contributed by atoms with van der Waals surface area (Å²) in [6.07, 6.45) is -0.325. The van der Waals surface area contributed by atoms with Gasteiger partial charge in [0.2, 0.25) is 11.8 Å². The van der Waals surface area contributed by atoms with Gasteiger partial charge in [-0.3, -0.25) is 9.36 Å². The van der Waals surface area contributed by atoms with Crippen LogP contribution in [-0.2, 0) is 18.8 Å². The first kappa shape index (κ1) is 35.9. The van der Waals surface area contributed by atoms with Crippen molar-refractivity contribution in [3.8, 4) is 11.6 Å². The topological polar surface area (TPSA) is 145 Å². The number of aryl methyl sites for hydroxylation is 1. The van der Waals surface area contributed by atoms with Gasteiger partial charge in [-0.15, -0.1) is 0 Å². The van der Waals surface area contributed by atoms with Crippen molar-refractivity contribution in [1.29, 1.82) is 0 Å². The van der Waals surface area contributed by atoms with Gasteiger partial charge in [-0.25, -0.2) is 10.1 Å². The van der Waals surface area contributed by atoms with Crippen molar-refractivity contribution in [3.63, 3.8) is 0 Å². The molecule has 0 bridgehead atoms. The molecule has 1 fully saturated rings. The molecule has 12 nitrogen and oxygen atoms in total. The average molecular weight is 689 g/mol. The van der Waals surface area contributed by atoms with E-state index in [1.165, 1.54) is 7.11 Å². The van der Waals surface area contributed by atoms with Gasteiger partial charge < -0.3 is 29.0 Å². The molecule has 0 radical (unpaired) electrons. The highest BCUT2D eigenvalue weighted by Crippen LogP contribution is 2.43. The zero-order chi connectivity index (χ0) is 35.1. The van der Waals surface area contributed by atoms with Gasteiger partial charge in [0.25, 0.3) is 0 Å². The van der Waals surface area contributed by atoms with Crippen molar-refractivity contribution < 1.29 is 28.1 Å². The summed E-state index contributed by atoms with van der Waals surface area (Å²) in [5, 5.41) is 5.21. The Morgan fingerprint density at radius 2 is 1.76 bits per heavy atom. The van der Waals surface area contributed by atoms with Crippen LogP contribution in [0.5, 0.6) is 11.6 Å². The summed E-state index contributed by atoms with van der Waals surface area (Å²) in [7, 11) is -0.278. The number of methoxy groups -OCH3 is 1. The fourth-order valence-corrected chi connectivity index (χ4v) is 6.99. The maximum Gasteiger partial charge on any atom is 0.323 e. The Morgan fingerprint density at radius 3 is 2.51 bits per heavy atom. The molecule has 13 heteroatoms. The molecule has 1 saturated heterocycles. The quantitative estimate of drug-likeness (QED) is 0.0997. The lowest BCUT2D eigenvalue weighted by atomic mass is 10.1. The van der Waals surface area contributed by atoms with Crippen LogP contribution in [0.3, 0.4) is 0 Å². The molecular formula is C36H45N6O6P. The molecule has 0 aliphatic carbocycles. The highest BCUT2D eigenvalue weighted by molar-refractivity contribution is 7.45. The van der Waals surface area contributed by atoms with Gasteiger partial charge in [-0.1, -0.05) is 87.5 Å². The van der Waals surface area contributed by atoms with Gasteiger partial charge in [0.15, 0.2) is 11.2 Å². The van der Waals surface area contributed by atoms with E-state index in [9.17, 15) is 4.79 Å². The van der Waals surface area contributed by atoms with E-state index < -0.39 is 26.6 Å². The van der Waals surface area contributed by atoms with E-state index in [1.807, 2.05) is 105 Å². The molecule has 0 spiro atoms. The van der Waals surface area contributed by atoms with Gasteiger partial charge in [0.05, 0.1) is 19.8 Å². The highest BCUT2D eigenvalue weighted by Gasteiger charge is 2.37. The molecule has 6 atom stereocenters. The molecule has 260 valence electrons. The molecule has 2 aromatic heterocycles. The van der Waals surface area contributed by atoms with Gasteiger partial charge in [-0.05, 0) is 44.2 Å². The van der Waals surface area contributed by atoms with Crippen LogP contribution in [0.25, 0.3) is 21.9 Å². The van der Waals surface area contributed by atoms with Gasteiger partial charge >= 0.3 is 14.5 Å². The summed E-state index contributed by atoms with van der Waals surface area (Å²) in [5.74, 6) is 1.45. The fourth-order valence-electron chi connectivity index (χ4n) is 5.75. The predicted molar refractivity (Wildman–Crippen MR) is 191 cm³/mol. The molecule has 3 N–H and O–H groups in total. The Hall–Kier alpha value is -4.35. The third kappa shape index (κ3) is 8.28. The zero-order valence-corrected chi connectivity index (χ0v) is 29.9. The monoisotopic (exact) mass is 688 g/mol. The molecule has 6 rings (SSSR count). The molecule has 0 saturated carbocycles. The molecule has 1 aliphatic rings. The average Bonchev–Trinajstić information content (AvgIpc) is 3.65. The van der Waals surface area contributed by atoms with Crippen LogP contribution >= 0.6 is 8.53 Å². The first-order valence-corrected chi connectivity index (χ1v) is 17.7. The summed E-state index contributed by atoms with van der Waals surface area (Å²) >= 11 is 0. The Labute approximate surface area is 288 Å². The number of carbonyl (C=O) groups excluding carboxylic acids is 1. The van der Waals surface area contributed by atoms with Crippen molar-refractivity contribution in [3.05, 3.63) is 84.2 Å². The lowest BCUT2D eigenvalue weighted by molar-refractivity contribution is -0.150. The van der Waals surface area contributed by atoms with Crippen LogP contribution in [0.1, 0.15) is 64.8 Å². The van der Waals surface area contributed by atoms with Crippen LogP contribution in [-0.4, -0.2) is 51.4 Å². The largest absolute Gasteiger partial charge is 0.479 e. The van der Waals surface area contributed by atoms with Crippen LogP contribution in [0.4, 0.5) is 5.95 Å². The minimum absolute atomic E-state index is 0.0918. The first-order chi connectivity index (χ1) is 23.7. The molecule has 3 heterocycles. The number of carbonyl (C=O) groups is 1. The lowest BCUT2D eigenvalue weighted by Gasteiger charge is -2.25. The Kier molecular flexibility index (Phi) is 12.0. The predicted octanol–water partition coefficient (Wildman–Crippen LogP) is 7.43. The van der Waals surface area contributed by atoms with Crippen LogP contribution in [0.2, 0.25) is 0 Å². The summed E-state index contributed by atoms with van der Waals surface area (Å²) < 4.78 is 32.5. The molecule has 6 unspecified atom stereocenters. The third-order valence-electron chi connectivity index (χ3n) is 8.13. The van der Waals surface area contributed by atoms with E-state index in [1.54, 1.807) is 6.92 Å². The van der Waals surface area contributed by atoms with E-state index in [4.69, 9.17) is 29.0 Å². The number of nitrogens with one attached hydrogen (secondary N) is 1. The third-order valence-corrected chi connectivity index (χ3v) is 9.47. The van der Waals surface area contributed by atoms with E-state index >= 15 is 0 Å². The number of anilines is 1. The number of rotatable bonds is 12. The number of imidazole rings is 1. The summed E-state index contributed by atoms with van der Waals surface area (Å²) in [5.41, 5.74) is 7.96. The number of ether oxygens (including phenoxy) is 3. The number of aromatic nitrogens is 4. The second kappa shape index (κ2) is 16.4. The van der Waals surface area contributed by atoms with Crippen molar-refractivity contribution in [2.24, 2.45) is 5.92 Å². The summed E-state index contributed by atoms with van der Waals surface area (Å²) in [4.78, 5) is 26.4. The second-order valence-electron chi connectivity index (χ2n) is 11.6. The van der Waals surface area contributed by atoms with Gasteiger partial charge in [0, 0.05) is 11.3 Å². The van der Waals surface area contributed by atoms with Gasteiger partial charge in [0.1, 0.15) is 29.9 Å². The molecular weight excluding hydrogens is 643 g/mol. The SMILES string of the molecule is CC.COc1nc(N)nc2c1nc(C)n2C1OC(COP(NC(C)C(=O)OC(C)c2ccccc2)Oc2cccc3ccccc23)CC1C. The van der Waals surface area contributed by atoms with Crippen molar-refractivity contribution in [1.82, 2.24) is 24.6 Å². The van der Waals surface area contributed by atoms with E-state index in [-0.39, 0.29) is 30.8 Å². The molecule has 1 aliphatic heterocycles. The molecule has 0 amide bonds. The molecule has 3 aromatic carbocycles. The number of esters is 1. The standard InChI is InChI=1S/C34H39N6O6P.C2H6/c1-20-18-26(45-32(20)40-23(4)36-29-30(40)37-34(35)38-31(29)42-5)19-43-47(46-28-17-11-15-25-14-9-10-16-27(25)28)39-21(2)33(41)44-22(3)24-12-7-6-8-13-24;1-2/h6-17,20-22,26,32,39H,18-19H2,1-5H3,(H2,35,37,38);1-2H3. The number of hydrogen-bond donors (Lipinski definition) is 2. The minimum atomic E-state index is -1.80. The fraction of sp³-hybridized carbons (Fsp3) is 0.389. The normalized spacial score (nSPS) is 19.1. The highest BCUT2D eigenvalue weighted by atomic mass is 31.2. The minimum Gasteiger partial charge on any atom is -0.479 e. The number of fused-ring (bicyclic) bond motifs is 2. The van der Waals surface area contributed by atoms with Crippen molar-refractivity contribution in [2.45, 2.75) is 72.4 Å².